The van der Waals surface area contributed by atoms with Gasteiger partial charge in [-0.05, 0) is 56.3 Å². The minimum absolute atomic E-state index is 0.0720. The molecule has 6 nitrogen and oxygen atoms in total. The lowest BCUT2D eigenvalue weighted by molar-refractivity contribution is 0.102. The Hall–Kier alpha value is -1.90. The fraction of sp³-hybridized carbons (Fsp3) is 0.350. The van der Waals surface area contributed by atoms with E-state index in [-0.39, 0.29) is 16.9 Å². The van der Waals surface area contributed by atoms with Gasteiger partial charge in [0.1, 0.15) is 5.75 Å². The highest BCUT2D eigenvalue weighted by molar-refractivity contribution is 9.10. The third-order valence-corrected chi connectivity index (χ3v) is 6.56. The highest BCUT2D eigenvalue weighted by atomic mass is 79.9. The van der Waals surface area contributed by atoms with E-state index in [4.69, 9.17) is 4.74 Å². The van der Waals surface area contributed by atoms with Crippen LogP contribution in [0.5, 0.6) is 5.75 Å². The average molecular weight is 469 g/mol. The Morgan fingerprint density at radius 1 is 1.11 bits per heavy atom. The molecule has 0 radical (unpaired) electrons. The zero-order valence-electron chi connectivity index (χ0n) is 16.4. The first kappa shape index (κ1) is 22.4. The van der Waals surface area contributed by atoms with Crippen LogP contribution in [0.4, 0.5) is 5.69 Å². The van der Waals surface area contributed by atoms with Gasteiger partial charge in [-0.15, -0.1) is 0 Å². The second kappa shape index (κ2) is 9.54. The predicted octanol–water partition coefficient (Wildman–Crippen LogP) is 4.52. The number of amides is 1. The van der Waals surface area contributed by atoms with Crippen molar-refractivity contribution in [2.24, 2.45) is 0 Å². The number of rotatable bonds is 8. The number of halogens is 1. The normalized spacial score (nSPS) is 11.7. The van der Waals surface area contributed by atoms with Crippen molar-refractivity contribution in [1.29, 1.82) is 0 Å². The summed E-state index contributed by atoms with van der Waals surface area (Å²) in [4.78, 5) is 12.9. The minimum atomic E-state index is -3.53. The molecule has 0 aliphatic carbocycles. The fourth-order valence-corrected chi connectivity index (χ4v) is 4.48. The average Bonchev–Trinajstić information content (AvgIpc) is 2.64. The van der Waals surface area contributed by atoms with E-state index in [0.717, 1.165) is 4.47 Å². The van der Waals surface area contributed by atoms with E-state index in [0.29, 0.717) is 30.1 Å². The van der Waals surface area contributed by atoms with Crippen LogP contribution in [0.2, 0.25) is 0 Å². The van der Waals surface area contributed by atoms with E-state index >= 15 is 0 Å². The number of anilines is 1. The van der Waals surface area contributed by atoms with Crippen molar-refractivity contribution < 1.29 is 17.9 Å². The van der Waals surface area contributed by atoms with Crippen LogP contribution in [0.15, 0.2) is 51.8 Å². The molecule has 0 fully saturated rings. The van der Waals surface area contributed by atoms with Crippen molar-refractivity contribution >= 4 is 37.5 Å². The Kier molecular flexibility index (Phi) is 7.63. The molecule has 152 valence electrons. The number of ether oxygens (including phenoxy) is 1. The molecule has 0 aromatic heterocycles. The number of nitrogens with zero attached hydrogens (tertiary/aromatic N) is 1. The van der Waals surface area contributed by atoms with Gasteiger partial charge in [-0.1, -0.05) is 29.8 Å². The maximum Gasteiger partial charge on any atom is 0.259 e. The molecule has 0 spiro atoms. The molecule has 1 N–H and O–H groups in total. The Bertz CT molecular complexity index is 924. The Labute approximate surface area is 175 Å². The van der Waals surface area contributed by atoms with Crippen LogP contribution in [0.25, 0.3) is 0 Å². The Morgan fingerprint density at radius 2 is 1.71 bits per heavy atom. The topological polar surface area (TPSA) is 75.7 Å². The van der Waals surface area contributed by atoms with Crippen molar-refractivity contribution in [2.45, 2.75) is 38.7 Å². The first-order valence-corrected chi connectivity index (χ1v) is 11.3. The predicted molar refractivity (Wildman–Crippen MR) is 114 cm³/mol. The molecule has 2 aromatic carbocycles. The SMILES string of the molecule is CCN(CC)S(=O)(=O)c1ccc(NC(=O)c2cc(Br)ccc2OC(C)C)cc1. The molecule has 2 rings (SSSR count). The summed E-state index contributed by atoms with van der Waals surface area (Å²) in [5, 5.41) is 2.79. The van der Waals surface area contributed by atoms with Gasteiger partial charge in [0, 0.05) is 23.2 Å². The number of carbonyl (C=O) groups is 1. The molecular weight excluding hydrogens is 444 g/mol. The molecule has 0 saturated heterocycles. The molecule has 0 bridgehead atoms. The highest BCUT2D eigenvalue weighted by Crippen LogP contribution is 2.26. The van der Waals surface area contributed by atoms with Crippen molar-refractivity contribution in [2.75, 3.05) is 18.4 Å². The van der Waals surface area contributed by atoms with Gasteiger partial charge >= 0.3 is 0 Å². The number of hydrogen-bond donors (Lipinski definition) is 1. The summed E-state index contributed by atoms with van der Waals surface area (Å²) in [6.45, 7) is 8.17. The lowest BCUT2D eigenvalue weighted by Gasteiger charge is -2.18. The molecule has 2 aromatic rings. The van der Waals surface area contributed by atoms with Gasteiger partial charge in [0.2, 0.25) is 10.0 Å². The van der Waals surface area contributed by atoms with Gasteiger partial charge in [0.25, 0.3) is 5.91 Å². The van der Waals surface area contributed by atoms with E-state index in [1.807, 2.05) is 13.8 Å². The van der Waals surface area contributed by atoms with Crippen LogP contribution < -0.4 is 10.1 Å². The molecule has 0 atom stereocenters. The highest BCUT2D eigenvalue weighted by Gasteiger charge is 2.21. The van der Waals surface area contributed by atoms with Crippen molar-refractivity contribution in [3.05, 3.63) is 52.5 Å². The number of hydrogen-bond acceptors (Lipinski definition) is 4. The summed E-state index contributed by atoms with van der Waals surface area (Å²) >= 11 is 3.37. The molecule has 0 heterocycles. The first-order chi connectivity index (χ1) is 13.2. The molecule has 0 aliphatic heterocycles. The number of carbonyl (C=O) groups excluding carboxylic acids is 1. The summed E-state index contributed by atoms with van der Waals surface area (Å²) in [6, 6.07) is 11.4. The van der Waals surface area contributed by atoms with Gasteiger partial charge in [0.05, 0.1) is 16.6 Å². The second-order valence-electron chi connectivity index (χ2n) is 6.37. The van der Waals surface area contributed by atoms with Crippen LogP contribution in [0.1, 0.15) is 38.1 Å². The van der Waals surface area contributed by atoms with Crippen molar-refractivity contribution in [3.63, 3.8) is 0 Å². The maximum absolute atomic E-state index is 12.7. The second-order valence-corrected chi connectivity index (χ2v) is 9.23. The van der Waals surface area contributed by atoms with Crippen molar-refractivity contribution in [1.82, 2.24) is 4.31 Å². The fourth-order valence-electron chi connectivity index (χ4n) is 2.66. The zero-order chi connectivity index (χ0) is 20.9. The summed E-state index contributed by atoms with van der Waals surface area (Å²) in [7, 11) is -3.53. The van der Waals surface area contributed by atoms with Crippen molar-refractivity contribution in [3.8, 4) is 5.75 Å². The molecule has 8 heteroatoms. The quantitative estimate of drug-likeness (QED) is 0.617. The number of sulfonamides is 1. The van der Waals surface area contributed by atoms with Crippen LogP contribution in [-0.2, 0) is 10.0 Å². The van der Waals surface area contributed by atoms with Gasteiger partial charge in [-0.3, -0.25) is 4.79 Å². The monoisotopic (exact) mass is 468 g/mol. The smallest absolute Gasteiger partial charge is 0.259 e. The third-order valence-electron chi connectivity index (χ3n) is 4.00. The molecule has 1 amide bonds. The molecule has 28 heavy (non-hydrogen) atoms. The maximum atomic E-state index is 12.7. The molecular formula is C20H25BrN2O4S. The summed E-state index contributed by atoms with van der Waals surface area (Å²) in [6.07, 6.45) is -0.0720. The summed E-state index contributed by atoms with van der Waals surface area (Å²) in [5.74, 6) is 0.146. The lowest BCUT2D eigenvalue weighted by Crippen LogP contribution is -2.30. The van der Waals surface area contributed by atoms with E-state index in [2.05, 4.69) is 21.2 Å². The Morgan fingerprint density at radius 3 is 2.25 bits per heavy atom. The molecule has 0 aliphatic rings. The van der Waals surface area contributed by atoms with Gasteiger partial charge in [-0.2, -0.15) is 4.31 Å². The minimum Gasteiger partial charge on any atom is -0.490 e. The lowest BCUT2D eigenvalue weighted by atomic mass is 10.1. The third kappa shape index (κ3) is 5.33. The van der Waals surface area contributed by atoms with Crippen LogP contribution in [0, 0.1) is 0 Å². The van der Waals surface area contributed by atoms with Crippen LogP contribution in [0.3, 0.4) is 0 Å². The van der Waals surface area contributed by atoms with Gasteiger partial charge in [-0.25, -0.2) is 8.42 Å². The Balaban J connectivity index is 2.23. The van der Waals surface area contributed by atoms with E-state index in [1.54, 1.807) is 44.2 Å². The summed E-state index contributed by atoms with van der Waals surface area (Å²) < 4.78 is 33.0. The van der Waals surface area contributed by atoms with E-state index in [1.165, 1.54) is 16.4 Å². The number of benzene rings is 2. The first-order valence-electron chi connectivity index (χ1n) is 9.06. The number of nitrogens with one attached hydrogen (secondary N) is 1. The molecule has 0 unspecified atom stereocenters. The largest absolute Gasteiger partial charge is 0.490 e. The molecule has 0 saturated carbocycles. The van der Waals surface area contributed by atoms with E-state index < -0.39 is 10.0 Å². The van der Waals surface area contributed by atoms with E-state index in [9.17, 15) is 13.2 Å². The standard InChI is InChI=1S/C20H25BrN2O4S/c1-5-23(6-2)28(25,26)17-10-8-16(9-11-17)22-20(24)18-13-15(21)7-12-19(18)27-14(3)4/h7-14H,5-6H2,1-4H3,(H,22,24). The zero-order valence-corrected chi connectivity index (χ0v) is 18.8. The van der Waals surface area contributed by atoms with Gasteiger partial charge in [0.15, 0.2) is 0 Å². The van der Waals surface area contributed by atoms with Gasteiger partial charge < -0.3 is 10.1 Å². The van der Waals surface area contributed by atoms with Crippen LogP contribution in [-0.4, -0.2) is 37.8 Å². The summed E-state index contributed by atoms with van der Waals surface area (Å²) in [5.41, 5.74) is 0.891. The van der Waals surface area contributed by atoms with Crippen LogP contribution >= 0.6 is 15.9 Å².